The summed E-state index contributed by atoms with van der Waals surface area (Å²) in [5, 5.41) is 2.07. The van der Waals surface area contributed by atoms with E-state index in [1.54, 1.807) is 30.3 Å². The molecule has 2 aromatic carbocycles. The highest BCUT2D eigenvalue weighted by Gasteiger charge is 2.27. The van der Waals surface area contributed by atoms with Crippen molar-refractivity contribution in [3.63, 3.8) is 0 Å². The van der Waals surface area contributed by atoms with Gasteiger partial charge in [0, 0.05) is 20.9 Å². The molecular weight excluding hydrogens is 272 g/mol. The lowest BCUT2D eigenvalue weighted by Crippen LogP contribution is -2.11. The summed E-state index contributed by atoms with van der Waals surface area (Å²) < 4.78 is 5.43. The van der Waals surface area contributed by atoms with E-state index in [9.17, 15) is 9.59 Å². The predicted molar refractivity (Wildman–Crippen MR) is 77.3 cm³/mol. The third kappa shape index (κ3) is 1.90. The van der Waals surface area contributed by atoms with E-state index in [1.807, 2.05) is 19.1 Å². The third-order valence-electron chi connectivity index (χ3n) is 3.16. The van der Waals surface area contributed by atoms with Crippen LogP contribution in [0.5, 0.6) is 5.75 Å². The van der Waals surface area contributed by atoms with Gasteiger partial charge in [-0.15, -0.1) is 0 Å². The minimum absolute atomic E-state index is 0.0591. The second kappa shape index (κ2) is 5.08. The van der Waals surface area contributed by atoms with E-state index in [-0.39, 0.29) is 5.78 Å². The van der Waals surface area contributed by atoms with Crippen molar-refractivity contribution in [2.75, 3.05) is 6.61 Å². The predicted octanol–water partition coefficient (Wildman–Crippen LogP) is 3.38. The lowest BCUT2D eigenvalue weighted by molar-refractivity contribution is 0.103. The van der Waals surface area contributed by atoms with Gasteiger partial charge in [0.1, 0.15) is 5.75 Å². The topological polar surface area (TPSA) is 43.4 Å². The van der Waals surface area contributed by atoms with Gasteiger partial charge in [-0.3, -0.25) is 4.79 Å². The average Bonchev–Trinajstić information content (AvgIpc) is 2.49. The van der Waals surface area contributed by atoms with Crippen LogP contribution in [0.15, 0.2) is 52.3 Å². The van der Waals surface area contributed by atoms with Crippen LogP contribution in [0.2, 0.25) is 0 Å². The van der Waals surface area contributed by atoms with Crippen molar-refractivity contribution in [2.45, 2.75) is 16.7 Å². The zero-order valence-corrected chi connectivity index (χ0v) is 11.7. The molecule has 20 heavy (non-hydrogen) atoms. The normalized spacial score (nSPS) is 16.1. The van der Waals surface area contributed by atoms with Crippen LogP contribution in [0.3, 0.4) is 0 Å². The van der Waals surface area contributed by atoms with Gasteiger partial charge in [-0.05, 0) is 47.7 Å². The minimum Gasteiger partial charge on any atom is -0.494 e. The van der Waals surface area contributed by atoms with Crippen molar-refractivity contribution in [1.29, 1.82) is 0 Å². The fourth-order valence-electron chi connectivity index (χ4n) is 2.31. The number of hydrogen-bond acceptors (Lipinski definition) is 3. The quantitative estimate of drug-likeness (QED) is 0.677. The summed E-state index contributed by atoms with van der Waals surface area (Å²) in [6, 6.07) is 12.5. The van der Waals surface area contributed by atoms with Gasteiger partial charge in [0.05, 0.1) is 6.61 Å². The first-order valence-electron chi connectivity index (χ1n) is 6.29. The molecular formula is C16H12O3S. The smallest absolute Gasteiger partial charge is 0.195 e. The Kier molecular flexibility index (Phi) is 3.26. The molecule has 0 aromatic heterocycles. The van der Waals surface area contributed by atoms with Crippen LogP contribution in [0.1, 0.15) is 22.8 Å². The van der Waals surface area contributed by atoms with Gasteiger partial charge in [-0.25, -0.2) is 4.79 Å². The van der Waals surface area contributed by atoms with Crippen LogP contribution in [0.4, 0.5) is 0 Å². The summed E-state index contributed by atoms with van der Waals surface area (Å²) in [5.74, 6) is 0.588. The first-order valence-corrected chi connectivity index (χ1v) is 7.51. The standard InChI is InChI=1S/C16H12O3S/c1-2-19-11-7-8-15-13(9-11)16(18)12-5-3-4-6-14(12)20(15)10-17/h3-9H,2H2,1H3. The summed E-state index contributed by atoms with van der Waals surface area (Å²) in [7, 11) is -0.816. The van der Waals surface area contributed by atoms with Crippen LogP contribution in [0.25, 0.3) is 0 Å². The molecule has 100 valence electrons. The van der Waals surface area contributed by atoms with Crippen molar-refractivity contribution >= 4 is 21.5 Å². The number of carbonyl (C=O) groups is 1. The Bertz CT molecular complexity index is 758. The number of ketones is 1. The Balaban J connectivity index is 2.25. The maximum atomic E-state index is 12.5. The summed E-state index contributed by atoms with van der Waals surface area (Å²) in [5.41, 5.74) is 1.13. The first kappa shape index (κ1) is 12.9. The highest BCUT2D eigenvalue weighted by molar-refractivity contribution is 8.14. The van der Waals surface area contributed by atoms with E-state index in [2.05, 4.69) is 5.23 Å². The molecule has 3 nitrogen and oxygen atoms in total. The number of carbonyl (C=O) groups excluding carboxylic acids is 2. The molecule has 0 fully saturated rings. The number of benzene rings is 2. The Morgan fingerprint density at radius 2 is 1.85 bits per heavy atom. The van der Waals surface area contributed by atoms with E-state index in [0.29, 0.717) is 23.5 Å². The highest BCUT2D eigenvalue weighted by atomic mass is 32.2. The van der Waals surface area contributed by atoms with Crippen LogP contribution in [0, 0.1) is 0 Å². The van der Waals surface area contributed by atoms with Crippen molar-refractivity contribution < 1.29 is 14.3 Å². The molecule has 0 saturated carbocycles. The van der Waals surface area contributed by atoms with Crippen LogP contribution < -0.4 is 4.74 Å². The third-order valence-corrected chi connectivity index (χ3v) is 4.92. The molecule has 0 spiro atoms. The fourth-order valence-corrected chi connectivity index (χ4v) is 3.89. The van der Waals surface area contributed by atoms with Crippen molar-refractivity contribution in [2.24, 2.45) is 0 Å². The van der Waals surface area contributed by atoms with E-state index in [1.165, 1.54) is 0 Å². The summed E-state index contributed by atoms with van der Waals surface area (Å²) >= 11 is 0. The lowest BCUT2D eigenvalue weighted by Gasteiger charge is -2.20. The minimum atomic E-state index is -0.816. The molecule has 4 heteroatoms. The van der Waals surface area contributed by atoms with Crippen molar-refractivity contribution in [3.05, 3.63) is 53.6 Å². The number of ether oxygens (including phenoxy) is 1. The molecule has 0 amide bonds. The lowest BCUT2D eigenvalue weighted by atomic mass is 10.0. The number of rotatable bonds is 2. The zero-order valence-electron chi connectivity index (χ0n) is 10.9. The molecule has 1 heterocycles. The molecule has 2 aromatic rings. The molecule has 1 aliphatic rings. The van der Waals surface area contributed by atoms with E-state index in [4.69, 9.17) is 4.74 Å². The SMILES string of the molecule is CCOc1ccc2c(c1)C(=O)c1ccccc1S2=C=O. The Hall–Kier alpha value is -2.16. The van der Waals surface area contributed by atoms with E-state index < -0.39 is 10.5 Å². The highest BCUT2D eigenvalue weighted by Crippen LogP contribution is 2.44. The molecule has 0 bridgehead atoms. The summed E-state index contributed by atoms with van der Waals surface area (Å²) in [6.45, 7) is 2.43. The van der Waals surface area contributed by atoms with Crippen LogP contribution >= 0.6 is 10.5 Å². The molecule has 0 saturated heterocycles. The second-order valence-electron chi connectivity index (χ2n) is 4.31. The largest absolute Gasteiger partial charge is 0.494 e. The van der Waals surface area contributed by atoms with Gasteiger partial charge in [0.25, 0.3) is 0 Å². The van der Waals surface area contributed by atoms with Crippen molar-refractivity contribution in [1.82, 2.24) is 0 Å². The molecule has 0 aliphatic carbocycles. The van der Waals surface area contributed by atoms with Crippen LogP contribution in [-0.2, 0) is 4.79 Å². The average molecular weight is 284 g/mol. The number of fused-ring (bicyclic) bond motifs is 2. The Morgan fingerprint density at radius 1 is 1.10 bits per heavy atom. The van der Waals surface area contributed by atoms with Crippen LogP contribution in [-0.4, -0.2) is 17.6 Å². The van der Waals surface area contributed by atoms with Gasteiger partial charge < -0.3 is 4.74 Å². The number of hydrogen-bond donors (Lipinski definition) is 0. The summed E-state index contributed by atoms with van der Waals surface area (Å²) in [4.78, 5) is 25.4. The molecule has 1 unspecified atom stereocenters. The molecule has 1 atom stereocenters. The van der Waals surface area contributed by atoms with Gasteiger partial charge in [-0.2, -0.15) is 0 Å². The Morgan fingerprint density at radius 3 is 2.60 bits per heavy atom. The van der Waals surface area contributed by atoms with Gasteiger partial charge in [0.15, 0.2) is 11.0 Å². The van der Waals surface area contributed by atoms with Gasteiger partial charge in [-0.1, -0.05) is 12.1 Å². The fraction of sp³-hybridized carbons (Fsp3) is 0.125. The molecule has 3 rings (SSSR count). The van der Waals surface area contributed by atoms with E-state index in [0.717, 1.165) is 9.79 Å². The second-order valence-corrected chi connectivity index (χ2v) is 5.96. The maximum absolute atomic E-state index is 12.5. The Labute approximate surface area is 119 Å². The first-order chi connectivity index (χ1) is 9.76. The van der Waals surface area contributed by atoms with Gasteiger partial charge >= 0.3 is 0 Å². The van der Waals surface area contributed by atoms with Crippen molar-refractivity contribution in [3.8, 4) is 5.75 Å². The molecule has 0 radical (unpaired) electrons. The monoisotopic (exact) mass is 284 g/mol. The maximum Gasteiger partial charge on any atom is 0.195 e. The zero-order chi connectivity index (χ0) is 14.1. The summed E-state index contributed by atoms with van der Waals surface area (Å²) in [6.07, 6.45) is 0. The molecule has 0 N–H and O–H groups in total. The van der Waals surface area contributed by atoms with Gasteiger partial charge in [0.2, 0.25) is 0 Å². The van der Waals surface area contributed by atoms with E-state index >= 15 is 0 Å². The molecule has 1 aliphatic heterocycles.